The zero-order chi connectivity index (χ0) is 15.2. The SMILES string of the molecule is CCCN(CC1CCNCC1)C(C)C(=O)NC(C)(C)C. The number of amides is 1. The average Bonchev–Trinajstić information content (AvgIpc) is 2.36. The van der Waals surface area contributed by atoms with E-state index >= 15 is 0 Å². The second kappa shape index (κ2) is 7.99. The number of piperidine rings is 1. The topological polar surface area (TPSA) is 44.4 Å². The number of hydrogen-bond acceptors (Lipinski definition) is 3. The molecule has 1 saturated heterocycles. The molecule has 0 bridgehead atoms. The van der Waals surface area contributed by atoms with Gasteiger partial charge in [0, 0.05) is 12.1 Å². The highest BCUT2D eigenvalue weighted by Crippen LogP contribution is 2.16. The summed E-state index contributed by atoms with van der Waals surface area (Å²) >= 11 is 0. The van der Waals surface area contributed by atoms with E-state index in [1.807, 2.05) is 27.7 Å². The molecule has 2 N–H and O–H groups in total. The van der Waals surface area contributed by atoms with Crippen LogP contribution in [0.2, 0.25) is 0 Å². The number of nitrogens with zero attached hydrogens (tertiary/aromatic N) is 1. The van der Waals surface area contributed by atoms with Gasteiger partial charge in [-0.3, -0.25) is 9.69 Å². The van der Waals surface area contributed by atoms with E-state index in [9.17, 15) is 4.79 Å². The Morgan fingerprint density at radius 3 is 2.45 bits per heavy atom. The van der Waals surface area contributed by atoms with Crippen LogP contribution in [0, 0.1) is 5.92 Å². The Hall–Kier alpha value is -0.610. The molecule has 1 amide bonds. The predicted molar refractivity (Wildman–Crippen MR) is 84.8 cm³/mol. The van der Waals surface area contributed by atoms with Crippen molar-refractivity contribution in [2.24, 2.45) is 5.92 Å². The number of carbonyl (C=O) groups excluding carboxylic acids is 1. The summed E-state index contributed by atoms with van der Waals surface area (Å²) in [6.07, 6.45) is 3.56. The molecule has 0 saturated carbocycles. The van der Waals surface area contributed by atoms with Gasteiger partial charge in [0.15, 0.2) is 0 Å². The summed E-state index contributed by atoms with van der Waals surface area (Å²) < 4.78 is 0. The quantitative estimate of drug-likeness (QED) is 0.784. The molecular formula is C16H33N3O. The van der Waals surface area contributed by atoms with E-state index in [1.165, 1.54) is 12.8 Å². The van der Waals surface area contributed by atoms with Gasteiger partial charge in [-0.25, -0.2) is 0 Å². The average molecular weight is 283 g/mol. The summed E-state index contributed by atoms with van der Waals surface area (Å²) in [5, 5.41) is 6.51. The van der Waals surface area contributed by atoms with Crippen LogP contribution >= 0.6 is 0 Å². The van der Waals surface area contributed by atoms with Crippen LogP contribution in [-0.2, 0) is 4.79 Å². The van der Waals surface area contributed by atoms with Gasteiger partial charge in [0.25, 0.3) is 0 Å². The third kappa shape index (κ3) is 6.23. The molecule has 0 radical (unpaired) electrons. The van der Waals surface area contributed by atoms with Crippen molar-refractivity contribution in [2.45, 2.75) is 65.5 Å². The largest absolute Gasteiger partial charge is 0.350 e. The summed E-state index contributed by atoms with van der Waals surface area (Å²) in [5.41, 5.74) is -0.155. The fourth-order valence-corrected chi connectivity index (χ4v) is 2.77. The maximum atomic E-state index is 12.4. The Labute approximate surface area is 124 Å². The van der Waals surface area contributed by atoms with Crippen molar-refractivity contribution in [3.8, 4) is 0 Å². The van der Waals surface area contributed by atoms with Crippen LogP contribution in [-0.4, -0.2) is 48.6 Å². The number of hydrogen-bond donors (Lipinski definition) is 2. The first-order valence-corrected chi connectivity index (χ1v) is 8.10. The Balaban J connectivity index is 2.56. The molecule has 4 heteroatoms. The molecule has 0 spiro atoms. The first kappa shape index (κ1) is 17.4. The highest BCUT2D eigenvalue weighted by molar-refractivity contribution is 5.81. The lowest BCUT2D eigenvalue weighted by molar-refractivity contribution is -0.127. The lowest BCUT2D eigenvalue weighted by Crippen LogP contribution is -2.52. The molecular weight excluding hydrogens is 250 g/mol. The highest BCUT2D eigenvalue weighted by atomic mass is 16.2. The van der Waals surface area contributed by atoms with Crippen LogP contribution in [0.1, 0.15) is 53.9 Å². The summed E-state index contributed by atoms with van der Waals surface area (Å²) in [6.45, 7) is 14.6. The van der Waals surface area contributed by atoms with Crippen LogP contribution < -0.4 is 10.6 Å². The smallest absolute Gasteiger partial charge is 0.237 e. The van der Waals surface area contributed by atoms with Crippen LogP contribution in [0.4, 0.5) is 0 Å². The van der Waals surface area contributed by atoms with Gasteiger partial charge < -0.3 is 10.6 Å². The van der Waals surface area contributed by atoms with Gasteiger partial charge in [-0.2, -0.15) is 0 Å². The van der Waals surface area contributed by atoms with Crippen molar-refractivity contribution in [2.75, 3.05) is 26.2 Å². The molecule has 4 nitrogen and oxygen atoms in total. The lowest BCUT2D eigenvalue weighted by atomic mass is 9.96. The fourth-order valence-electron chi connectivity index (χ4n) is 2.77. The van der Waals surface area contributed by atoms with Gasteiger partial charge in [-0.15, -0.1) is 0 Å². The van der Waals surface area contributed by atoms with E-state index in [-0.39, 0.29) is 17.5 Å². The molecule has 118 valence electrons. The van der Waals surface area contributed by atoms with Gasteiger partial charge in [-0.1, -0.05) is 6.92 Å². The Morgan fingerprint density at radius 2 is 1.95 bits per heavy atom. The Bertz CT molecular complexity index is 293. The molecule has 0 aromatic carbocycles. The van der Waals surface area contributed by atoms with E-state index in [0.29, 0.717) is 0 Å². The molecule has 1 heterocycles. The van der Waals surface area contributed by atoms with E-state index in [0.717, 1.165) is 38.5 Å². The minimum Gasteiger partial charge on any atom is -0.350 e. The monoisotopic (exact) mass is 283 g/mol. The molecule has 1 rings (SSSR count). The van der Waals surface area contributed by atoms with Crippen molar-refractivity contribution in [3.05, 3.63) is 0 Å². The molecule has 0 aromatic heterocycles. The molecule has 1 fully saturated rings. The molecule has 1 atom stereocenters. The maximum absolute atomic E-state index is 12.4. The first-order chi connectivity index (χ1) is 9.33. The second-order valence-corrected chi connectivity index (χ2v) is 7.10. The summed E-state index contributed by atoms with van der Waals surface area (Å²) in [6, 6.07) is -0.0379. The Kier molecular flexibility index (Phi) is 6.96. The van der Waals surface area contributed by atoms with Crippen LogP contribution in [0.5, 0.6) is 0 Å². The fraction of sp³-hybridized carbons (Fsp3) is 0.938. The van der Waals surface area contributed by atoms with E-state index in [2.05, 4.69) is 22.5 Å². The summed E-state index contributed by atoms with van der Waals surface area (Å²) in [5.74, 6) is 0.882. The van der Waals surface area contributed by atoms with Gasteiger partial charge in [-0.05, 0) is 72.5 Å². The van der Waals surface area contributed by atoms with Gasteiger partial charge in [0.2, 0.25) is 5.91 Å². The minimum absolute atomic E-state index is 0.0379. The summed E-state index contributed by atoms with van der Waals surface area (Å²) in [4.78, 5) is 14.7. The molecule has 1 aliphatic heterocycles. The zero-order valence-electron chi connectivity index (χ0n) is 14.0. The van der Waals surface area contributed by atoms with Crippen molar-refractivity contribution in [1.29, 1.82) is 0 Å². The Morgan fingerprint density at radius 1 is 1.35 bits per heavy atom. The van der Waals surface area contributed by atoms with Crippen molar-refractivity contribution in [3.63, 3.8) is 0 Å². The molecule has 1 aliphatic rings. The molecule has 0 aromatic rings. The number of nitrogens with one attached hydrogen (secondary N) is 2. The first-order valence-electron chi connectivity index (χ1n) is 8.10. The van der Waals surface area contributed by atoms with E-state index in [4.69, 9.17) is 0 Å². The minimum atomic E-state index is -0.155. The number of rotatable bonds is 6. The van der Waals surface area contributed by atoms with Crippen LogP contribution in [0.3, 0.4) is 0 Å². The second-order valence-electron chi connectivity index (χ2n) is 7.10. The molecule has 0 aliphatic carbocycles. The maximum Gasteiger partial charge on any atom is 0.237 e. The van der Waals surface area contributed by atoms with Crippen LogP contribution in [0.15, 0.2) is 0 Å². The number of carbonyl (C=O) groups is 1. The van der Waals surface area contributed by atoms with Crippen molar-refractivity contribution < 1.29 is 4.79 Å². The van der Waals surface area contributed by atoms with Gasteiger partial charge in [0.1, 0.15) is 0 Å². The van der Waals surface area contributed by atoms with Crippen LogP contribution in [0.25, 0.3) is 0 Å². The third-order valence-corrected chi connectivity index (χ3v) is 3.89. The third-order valence-electron chi connectivity index (χ3n) is 3.89. The highest BCUT2D eigenvalue weighted by Gasteiger charge is 2.26. The zero-order valence-corrected chi connectivity index (χ0v) is 14.0. The van der Waals surface area contributed by atoms with E-state index in [1.54, 1.807) is 0 Å². The van der Waals surface area contributed by atoms with Crippen molar-refractivity contribution >= 4 is 5.91 Å². The van der Waals surface area contributed by atoms with Crippen molar-refractivity contribution in [1.82, 2.24) is 15.5 Å². The molecule has 20 heavy (non-hydrogen) atoms. The lowest BCUT2D eigenvalue weighted by Gasteiger charge is -2.34. The summed E-state index contributed by atoms with van der Waals surface area (Å²) in [7, 11) is 0. The van der Waals surface area contributed by atoms with Gasteiger partial charge >= 0.3 is 0 Å². The molecule has 1 unspecified atom stereocenters. The predicted octanol–water partition coefficient (Wildman–Crippen LogP) is 2.00. The normalized spacial score (nSPS) is 19.1. The van der Waals surface area contributed by atoms with Gasteiger partial charge in [0.05, 0.1) is 6.04 Å². The standard InChI is InChI=1S/C16H33N3O/c1-6-11-19(12-14-7-9-17-10-8-14)13(2)15(20)18-16(3,4)5/h13-14,17H,6-12H2,1-5H3,(H,18,20). The van der Waals surface area contributed by atoms with E-state index < -0.39 is 0 Å².